The van der Waals surface area contributed by atoms with E-state index in [1.54, 1.807) is 15.9 Å². The summed E-state index contributed by atoms with van der Waals surface area (Å²) in [5.41, 5.74) is 5.71. The zero-order valence-corrected chi connectivity index (χ0v) is 16.7. The number of carbonyl (C=O) groups is 2. The lowest BCUT2D eigenvalue weighted by Crippen LogP contribution is -2.41. The average Bonchev–Trinajstić information content (AvgIpc) is 2.95. The van der Waals surface area contributed by atoms with Crippen LogP contribution in [0.1, 0.15) is 37.6 Å². The molecule has 2 amide bonds. The van der Waals surface area contributed by atoms with Crippen LogP contribution in [0.15, 0.2) is 9.95 Å². The van der Waals surface area contributed by atoms with Crippen molar-refractivity contribution in [3.8, 4) is 0 Å². The van der Waals surface area contributed by atoms with E-state index in [9.17, 15) is 14.4 Å². The van der Waals surface area contributed by atoms with E-state index in [4.69, 9.17) is 0 Å². The van der Waals surface area contributed by atoms with Gasteiger partial charge in [-0.3, -0.25) is 29.8 Å². The first kappa shape index (κ1) is 18.9. The standard InChI is InChI=1S/C17H22N4O3S2/c1-4-21-16(24)14-11-6-5-9(2)7-12(11)26-15(14)18-17(21)25-8-13(23)20-19-10(3)22/h9H,4-8H2,1-3H3,(H,19,22)(H,20,23)/t9-/m1/s1. The average molecular weight is 395 g/mol. The summed E-state index contributed by atoms with van der Waals surface area (Å²) in [6.07, 6.45) is 3.04. The molecule has 0 unspecified atom stereocenters. The van der Waals surface area contributed by atoms with Crippen LogP contribution in [0.25, 0.3) is 10.2 Å². The number of thioether (sulfide) groups is 1. The number of hydrogen-bond acceptors (Lipinski definition) is 6. The summed E-state index contributed by atoms with van der Waals surface area (Å²) in [6, 6.07) is 0. The van der Waals surface area contributed by atoms with Gasteiger partial charge in [0, 0.05) is 18.3 Å². The highest BCUT2D eigenvalue weighted by molar-refractivity contribution is 7.99. The Morgan fingerprint density at radius 1 is 1.38 bits per heavy atom. The minimum Gasteiger partial charge on any atom is -0.287 e. The van der Waals surface area contributed by atoms with Gasteiger partial charge in [-0.25, -0.2) is 4.98 Å². The summed E-state index contributed by atoms with van der Waals surface area (Å²) in [5.74, 6) is 0.0175. The third kappa shape index (κ3) is 3.78. The van der Waals surface area contributed by atoms with E-state index in [1.165, 1.54) is 29.1 Å². The van der Waals surface area contributed by atoms with E-state index < -0.39 is 0 Å². The largest absolute Gasteiger partial charge is 0.287 e. The van der Waals surface area contributed by atoms with Crippen LogP contribution in [0.3, 0.4) is 0 Å². The van der Waals surface area contributed by atoms with Gasteiger partial charge in [-0.05, 0) is 37.7 Å². The van der Waals surface area contributed by atoms with Crippen LogP contribution < -0.4 is 16.4 Å². The first-order valence-corrected chi connectivity index (χ1v) is 10.4. The quantitative estimate of drug-likeness (QED) is 0.469. The second-order valence-corrected chi connectivity index (χ2v) is 8.52. The molecule has 1 aliphatic carbocycles. The second kappa shape index (κ2) is 7.79. The molecule has 0 saturated heterocycles. The molecule has 9 heteroatoms. The summed E-state index contributed by atoms with van der Waals surface area (Å²) in [7, 11) is 0. The summed E-state index contributed by atoms with van der Waals surface area (Å²) >= 11 is 2.81. The Labute approximate surface area is 159 Å². The van der Waals surface area contributed by atoms with E-state index in [0.717, 1.165) is 29.5 Å². The third-order valence-electron chi connectivity index (χ3n) is 4.41. The Bertz CT molecular complexity index is 919. The molecule has 0 bridgehead atoms. The molecular formula is C17H22N4O3S2. The molecule has 3 rings (SSSR count). The predicted molar refractivity (Wildman–Crippen MR) is 103 cm³/mol. The number of carbonyl (C=O) groups excluding carboxylic acids is 2. The van der Waals surface area contributed by atoms with Gasteiger partial charge in [0.05, 0.1) is 11.1 Å². The Morgan fingerprint density at radius 3 is 2.85 bits per heavy atom. The van der Waals surface area contributed by atoms with Crippen molar-refractivity contribution in [2.45, 2.75) is 51.7 Å². The molecule has 26 heavy (non-hydrogen) atoms. The van der Waals surface area contributed by atoms with Crippen LogP contribution in [-0.2, 0) is 29.0 Å². The lowest BCUT2D eigenvalue weighted by Gasteiger charge is -2.17. The first-order chi connectivity index (χ1) is 12.4. The predicted octanol–water partition coefficient (Wildman–Crippen LogP) is 1.86. The molecule has 1 aliphatic rings. The number of amides is 2. The van der Waals surface area contributed by atoms with Gasteiger partial charge in [-0.1, -0.05) is 18.7 Å². The molecule has 0 aliphatic heterocycles. The van der Waals surface area contributed by atoms with Crippen molar-refractivity contribution in [3.63, 3.8) is 0 Å². The Kier molecular flexibility index (Phi) is 5.67. The summed E-state index contributed by atoms with van der Waals surface area (Å²) < 4.78 is 1.63. The molecule has 0 saturated carbocycles. The highest BCUT2D eigenvalue weighted by Gasteiger charge is 2.24. The molecule has 2 aromatic rings. The van der Waals surface area contributed by atoms with Gasteiger partial charge >= 0.3 is 0 Å². The SMILES string of the molecule is CCn1c(SCC(=O)NNC(C)=O)nc2sc3c(c2c1=O)CC[C@@H](C)C3. The molecule has 0 spiro atoms. The smallest absolute Gasteiger partial charge is 0.263 e. The zero-order chi connectivity index (χ0) is 18.8. The van der Waals surface area contributed by atoms with Gasteiger partial charge in [-0.15, -0.1) is 11.3 Å². The first-order valence-electron chi connectivity index (χ1n) is 8.64. The number of thiophene rings is 1. The van der Waals surface area contributed by atoms with E-state index in [0.29, 0.717) is 17.6 Å². The number of fused-ring (bicyclic) bond motifs is 3. The van der Waals surface area contributed by atoms with Gasteiger partial charge in [-0.2, -0.15) is 0 Å². The molecule has 2 heterocycles. The van der Waals surface area contributed by atoms with Gasteiger partial charge in [0.2, 0.25) is 11.8 Å². The van der Waals surface area contributed by atoms with Crippen molar-refractivity contribution in [2.24, 2.45) is 5.92 Å². The number of aromatic nitrogens is 2. The summed E-state index contributed by atoms with van der Waals surface area (Å²) in [4.78, 5) is 42.4. The minimum absolute atomic E-state index is 0.0191. The van der Waals surface area contributed by atoms with Crippen LogP contribution in [-0.4, -0.2) is 27.1 Å². The highest BCUT2D eigenvalue weighted by Crippen LogP contribution is 2.36. The molecule has 140 valence electrons. The molecule has 0 aromatic carbocycles. The minimum atomic E-state index is -0.346. The van der Waals surface area contributed by atoms with E-state index in [1.807, 2.05) is 6.92 Å². The highest BCUT2D eigenvalue weighted by atomic mass is 32.2. The lowest BCUT2D eigenvalue weighted by molar-refractivity contribution is -0.126. The van der Waals surface area contributed by atoms with Crippen molar-refractivity contribution < 1.29 is 9.59 Å². The van der Waals surface area contributed by atoms with Crippen LogP contribution in [0.5, 0.6) is 0 Å². The van der Waals surface area contributed by atoms with Crippen LogP contribution in [0.2, 0.25) is 0 Å². The zero-order valence-electron chi connectivity index (χ0n) is 15.0. The van der Waals surface area contributed by atoms with E-state index in [2.05, 4.69) is 22.8 Å². The number of hydrogen-bond donors (Lipinski definition) is 2. The van der Waals surface area contributed by atoms with Crippen molar-refractivity contribution in [2.75, 3.05) is 5.75 Å². The number of hydrazine groups is 1. The van der Waals surface area contributed by atoms with E-state index in [-0.39, 0.29) is 23.1 Å². The Hall–Kier alpha value is -1.87. The van der Waals surface area contributed by atoms with E-state index >= 15 is 0 Å². The third-order valence-corrected chi connectivity index (χ3v) is 6.53. The molecule has 2 aromatic heterocycles. The molecule has 0 fully saturated rings. The fourth-order valence-corrected chi connectivity index (χ4v) is 5.40. The number of nitrogens with one attached hydrogen (secondary N) is 2. The molecule has 0 radical (unpaired) electrons. The molecule has 2 N–H and O–H groups in total. The maximum atomic E-state index is 13.0. The second-order valence-electron chi connectivity index (χ2n) is 6.49. The monoisotopic (exact) mass is 394 g/mol. The van der Waals surface area contributed by atoms with Crippen molar-refractivity contribution in [1.82, 2.24) is 20.4 Å². The summed E-state index contributed by atoms with van der Waals surface area (Å²) in [5, 5.41) is 1.29. The maximum absolute atomic E-state index is 13.0. The van der Waals surface area contributed by atoms with Gasteiger partial charge in [0.15, 0.2) is 5.16 Å². The van der Waals surface area contributed by atoms with Crippen LogP contribution in [0.4, 0.5) is 0 Å². The number of nitrogens with zero attached hydrogens (tertiary/aromatic N) is 2. The molecule has 1 atom stereocenters. The fraction of sp³-hybridized carbons (Fsp3) is 0.529. The lowest BCUT2D eigenvalue weighted by atomic mass is 9.89. The van der Waals surface area contributed by atoms with Crippen molar-refractivity contribution in [3.05, 3.63) is 20.8 Å². The van der Waals surface area contributed by atoms with Gasteiger partial charge in [0.25, 0.3) is 5.56 Å². The van der Waals surface area contributed by atoms with Crippen LogP contribution in [0, 0.1) is 5.92 Å². The van der Waals surface area contributed by atoms with Crippen molar-refractivity contribution >= 4 is 45.1 Å². The number of rotatable bonds is 4. The topological polar surface area (TPSA) is 93.1 Å². The van der Waals surface area contributed by atoms with Crippen LogP contribution >= 0.6 is 23.1 Å². The number of aryl methyl sites for hydroxylation is 1. The van der Waals surface area contributed by atoms with Crippen molar-refractivity contribution in [1.29, 1.82) is 0 Å². The fourth-order valence-electron chi connectivity index (χ4n) is 3.12. The Balaban J connectivity index is 1.90. The van der Waals surface area contributed by atoms with Gasteiger partial charge in [0.1, 0.15) is 4.83 Å². The normalized spacial score (nSPS) is 16.3. The van der Waals surface area contributed by atoms with Gasteiger partial charge < -0.3 is 0 Å². The maximum Gasteiger partial charge on any atom is 0.263 e. The molecule has 7 nitrogen and oxygen atoms in total. The Morgan fingerprint density at radius 2 is 2.15 bits per heavy atom. The summed E-state index contributed by atoms with van der Waals surface area (Å²) in [6.45, 7) is 5.95. The molecular weight excluding hydrogens is 372 g/mol.